The molecule has 0 bridgehead atoms. The summed E-state index contributed by atoms with van der Waals surface area (Å²) in [6.07, 6.45) is 7.57. The fourth-order valence-corrected chi connectivity index (χ4v) is 3.24. The molecule has 1 fully saturated rings. The summed E-state index contributed by atoms with van der Waals surface area (Å²) >= 11 is 0. The van der Waals surface area contributed by atoms with Crippen molar-refractivity contribution in [2.75, 3.05) is 23.3 Å². The van der Waals surface area contributed by atoms with Crippen LogP contribution in [0.15, 0.2) is 36.9 Å². The average molecular weight is 326 g/mol. The standard InChI is InChI=1S/C17H19FN6/c1-23-10-14(8-21-23)24-6-2-3-13(9-24)22-17-15-7-12(18)4-5-16(15)19-11-20-17/h4-5,7-8,10-11,13H,2-3,6,9H2,1H3,(H,19,20,22). The van der Waals surface area contributed by atoms with Gasteiger partial charge in [0.25, 0.3) is 0 Å². The first-order valence-corrected chi connectivity index (χ1v) is 8.09. The summed E-state index contributed by atoms with van der Waals surface area (Å²) in [5.41, 5.74) is 1.87. The maximum absolute atomic E-state index is 13.6. The number of hydrogen-bond donors (Lipinski definition) is 1. The van der Waals surface area contributed by atoms with Crippen LogP contribution in [0.25, 0.3) is 10.9 Å². The van der Waals surface area contributed by atoms with Crippen LogP contribution in [-0.4, -0.2) is 38.9 Å². The minimum atomic E-state index is -0.277. The van der Waals surface area contributed by atoms with E-state index in [1.54, 1.807) is 6.07 Å². The zero-order valence-corrected chi connectivity index (χ0v) is 13.5. The number of hydrogen-bond acceptors (Lipinski definition) is 5. The second-order valence-electron chi connectivity index (χ2n) is 6.19. The molecule has 1 atom stereocenters. The van der Waals surface area contributed by atoms with Gasteiger partial charge in [0.1, 0.15) is 18.0 Å². The number of anilines is 2. The van der Waals surface area contributed by atoms with Crippen LogP contribution in [-0.2, 0) is 7.05 Å². The van der Waals surface area contributed by atoms with Crippen molar-refractivity contribution in [3.05, 3.63) is 42.7 Å². The van der Waals surface area contributed by atoms with E-state index in [1.807, 2.05) is 24.1 Å². The molecule has 1 aliphatic heterocycles. The highest BCUT2D eigenvalue weighted by Gasteiger charge is 2.22. The maximum Gasteiger partial charge on any atom is 0.137 e. The van der Waals surface area contributed by atoms with Gasteiger partial charge in [0.2, 0.25) is 0 Å². The van der Waals surface area contributed by atoms with Gasteiger partial charge in [0.05, 0.1) is 17.4 Å². The Kier molecular flexibility index (Phi) is 3.76. The number of aryl methyl sites for hydroxylation is 1. The van der Waals surface area contributed by atoms with Crippen LogP contribution in [0.5, 0.6) is 0 Å². The molecule has 0 amide bonds. The number of benzene rings is 1. The predicted molar refractivity (Wildman–Crippen MR) is 91.6 cm³/mol. The molecule has 1 aromatic carbocycles. The third-order valence-corrected chi connectivity index (χ3v) is 4.42. The molecule has 0 radical (unpaired) electrons. The molecule has 1 N–H and O–H groups in total. The van der Waals surface area contributed by atoms with Gasteiger partial charge in [-0.2, -0.15) is 5.10 Å². The molecule has 3 aromatic rings. The Bertz CT molecular complexity index is 861. The molecule has 124 valence electrons. The third kappa shape index (κ3) is 2.89. The number of aromatic nitrogens is 4. The molecule has 2 aromatic heterocycles. The Balaban J connectivity index is 1.56. The lowest BCUT2D eigenvalue weighted by molar-refractivity contribution is 0.529. The molecule has 6 nitrogen and oxygen atoms in total. The summed E-state index contributed by atoms with van der Waals surface area (Å²) in [7, 11) is 1.92. The van der Waals surface area contributed by atoms with Crippen molar-refractivity contribution in [2.45, 2.75) is 18.9 Å². The topological polar surface area (TPSA) is 58.9 Å². The van der Waals surface area contributed by atoms with Crippen LogP contribution in [0.4, 0.5) is 15.9 Å². The number of rotatable bonds is 3. The van der Waals surface area contributed by atoms with Crippen LogP contribution in [0.3, 0.4) is 0 Å². The summed E-state index contributed by atoms with van der Waals surface area (Å²) in [5.74, 6) is 0.415. The van der Waals surface area contributed by atoms with Gasteiger partial charge in [0.15, 0.2) is 0 Å². The smallest absolute Gasteiger partial charge is 0.137 e. The maximum atomic E-state index is 13.6. The van der Waals surface area contributed by atoms with E-state index in [1.165, 1.54) is 18.5 Å². The SMILES string of the molecule is Cn1cc(N2CCCC(Nc3ncnc4ccc(F)cc34)C2)cn1. The highest BCUT2D eigenvalue weighted by molar-refractivity contribution is 5.88. The van der Waals surface area contributed by atoms with E-state index in [2.05, 4.69) is 25.3 Å². The Morgan fingerprint density at radius 2 is 2.21 bits per heavy atom. The van der Waals surface area contributed by atoms with Gasteiger partial charge in [-0.3, -0.25) is 4.68 Å². The number of nitrogens with zero attached hydrogens (tertiary/aromatic N) is 5. The normalized spacial score (nSPS) is 18.1. The second kappa shape index (κ2) is 6.07. The van der Waals surface area contributed by atoms with Crippen LogP contribution >= 0.6 is 0 Å². The number of halogens is 1. The molecule has 24 heavy (non-hydrogen) atoms. The summed E-state index contributed by atoms with van der Waals surface area (Å²) in [6, 6.07) is 4.84. The molecular weight excluding hydrogens is 307 g/mol. The van der Waals surface area contributed by atoms with Crippen molar-refractivity contribution < 1.29 is 4.39 Å². The van der Waals surface area contributed by atoms with Crippen LogP contribution in [0.1, 0.15) is 12.8 Å². The number of nitrogens with one attached hydrogen (secondary N) is 1. The van der Waals surface area contributed by atoms with E-state index in [0.29, 0.717) is 5.82 Å². The predicted octanol–water partition coefficient (Wildman–Crippen LogP) is 2.58. The monoisotopic (exact) mass is 326 g/mol. The highest BCUT2D eigenvalue weighted by atomic mass is 19.1. The Hall–Kier alpha value is -2.70. The lowest BCUT2D eigenvalue weighted by atomic mass is 10.1. The zero-order valence-electron chi connectivity index (χ0n) is 13.5. The molecule has 4 rings (SSSR count). The average Bonchev–Trinajstić information content (AvgIpc) is 3.02. The summed E-state index contributed by atoms with van der Waals surface area (Å²) < 4.78 is 15.4. The molecule has 0 aliphatic carbocycles. The lowest BCUT2D eigenvalue weighted by Crippen LogP contribution is -2.42. The van der Waals surface area contributed by atoms with Crippen LogP contribution < -0.4 is 10.2 Å². The molecule has 0 spiro atoms. The largest absolute Gasteiger partial charge is 0.367 e. The molecule has 7 heteroatoms. The second-order valence-corrected chi connectivity index (χ2v) is 6.19. The van der Waals surface area contributed by atoms with Gasteiger partial charge in [-0.1, -0.05) is 0 Å². The van der Waals surface area contributed by atoms with E-state index in [9.17, 15) is 4.39 Å². The molecule has 1 saturated heterocycles. The Labute approximate surface area is 139 Å². The van der Waals surface area contributed by atoms with Gasteiger partial charge in [0, 0.05) is 37.8 Å². The summed E-state index contributed by atoms with van der Waals surface area (Å²) in [6.45, 7) is 1.88. The van der Waals surface area contributed by atoms with E-state index >= 15 is 0 Å². The van der Waals surface area contributed by atoms with Gasteiger partial charge < -0.3 is 10.2 Å². The first-order valence-electron chi connectivity index (χ1n) is 8.09. The lowest BCUT2D eigenvalue weighted by Gasteiger charge is -2.34. The fourth-order valence-electron chi connectivity index (χ4n) is 3.24. The summed E-state index contributed by atoms with van der Waals surface area (Å²) in [4.78, 5) is 10.8. The molecule has 3 heterocycles. The number of piperidine rings is 1. The molecule has 1 unspecified atom stereocenters. The third-order valence-electron chi connectivity index (χ3n) is 4.42. The van der Waals surface area contributed by atoms with Crippen LogP contribution in [0, 0.1) is 5.82 Å². The quantitative estimate of drug-likeness (QED) is 0.802. The van der Waals surface area contributed by atoms with E-state index in [-0.39, 0.29) is 11.9 Å². The summed E-state index contributed by atoms with van der Waals surface area (Å²) in [5, 5.41) is 8.43. The fraction of sp³-hybridized carbons (Fsp3) is 0.353. The molecule has 0 saturated carbocycles. The molecule has 1 aliphatic rings. The van der Waals surface area contributed by atoms with Crippen molar-refractivity contribution in [1.29, 1.82) is 0 Å². The van der Waals surface area contributed by atoms with Gasteiger partial charge >= 0.3 is 0 Å². The first kappa shape index (κ1) is 14.9. The van der Waals surface area contributed by atoms with Gasteiger partial charge in [-0.15, -0.1) is 0 Å². The van der Waals surface area contributed by atoms with Gasteiger partial charge in [-0.05, 0) is 31.0 Å². The van der Waals surface area contributed by atoms with Crippen molar-refractivity contribution in [3.8, 4) is 0 Å². The van der Waals surface area contributed by atoms with E-state index < -0.39 is 0 Å². The Morgan fingerprint density at radius 1 is 1.29 bits per heavy atom. The Morgan fingerprint density at radius 3 is 3.04 bits per heavy atom. The number of fused-ring (bicyclic) bond motifs is 1. The molecular formula is C17H19FN6. The highest BCUT2D eigenvalue weighted by Crippen LogP contribution is 2.24. The minimum absolute atomic E-state index is 0.250. The van der Waals surface area contributed by atoms with Crippen LogP contribution in [0.2, 0.25) is 0 Å². The minimum Gasteiger partial charge on any atom is -0.367 e. The first-order chi connectivity index (χ1) is 11.7. The van der Waals surface area contributed by atoms with Crippen molar-refractivity contribution >= 4 is 22.4 Å². The zero-order chi connectivity index (χ0) is 16.5. The van der Waals surface area contributed by atoms with Crippen molar-refractivity contribution in [1.82, 2.24) is 19.7 Å². The van der Waals surface area contributed by atoms with Crippen molar-refractivity contribution in [2.24, 2.45) is 7.05 Å². The van der Waals surface area contributed by atoms with Crippen molar-refractivity contribution in [3.63, 3.8) is 0 Å². The van der Waals surface area contributed by atoms with Gasteiger partial charge in [-0.25, -0.2) is 14.4 Å². The van der Waals surface area contributed by atoms with E-state index in [0.717, 1.165) is 42.5 Å². The van der Waals surface area contributed by atoms with E-state index in [4.69, 9.17) is 0 Å².